The van der Waals surface area contributed by atoms with E-state index < -0.39 is 15.8 Å². The van der Waals surface area contributed by atoms with Crippen LogP contribution in [-0.4, -0.2) is 8.42 Å². The Labute approximate surface area is 137 Å². The zero-order valence-corrected chi connectivity index (χ0v) is 14.5. The number of nitrogen functional groups attached to an aromatic ring is 1. The van der Waals surface area contributed by atoms with E-state index in [-0.39, 0.29) is 4.90 Å². The molecule has 0 aliphatic rings. The van der Waals surface area contributed by atoms with Crippen molar-refractivity contribution in [2.45, 2.75) is 4.90 Å². The summed E-state index contributed by atoms with van der Waals surface area (Å²) in [5.41, 5.74) is 6.25. The van der Waals surface area contributed by atoms with Gasteiger partial charge in [0.05, 0.1) is 5.69 Å². The second-order valence-electron chi connectivity index (χ2n) is 3.92. The van der Waals surface area contributed by atoms with Crippen LogP contribution in [0.1, 0.15) is 0 Å². The molecule has 0 aromatic heterocycles. The van der Waals surface area contributed by atoms with Gasteiger partial charge in [0.1, 0.15) is 10.7 Å². The van der Waals surface area contributed by atoms with Crippen LogP contribution in [0.3, 0.4) is 0 Å². The average Bonchev–Trinajstić information content (AvgIpc) is 2.35. The van der Waals surface area contributed by atoms with E-state index in [0.717, 1.165) is 0 Å². The Morgan fingerprint density at radius 3 is 2.55 bits per heavy atom. The lowest BCUT2D eigenvalue weighted by atomic mass is 10.3. The van der Waals surface area contributed by atoms with Crippen LogP contribution in [0, 0.1) is 9.39 Å². The molecule has 0 aliphatic carbocycles. The lowest BCUT2D eigenvalue weighted by Gasteiger charge is -2.11. The predicted octanol–water partition coefficient (Wildman–Crippen LogP) is 3.58. The zero-order valence-electron chi connectivity index (χ0n) is 9.90. The molecule has 2 rings (SSSR count). The maximum absolute atomic E-state index is 13.0. The number of nitrogens with two attached hydrogens (primary N) is 1. The van der Waals surface area contributed by atoms with Crippen molar-refractivity contribution in [3.8, 4) is 0 Å². The third-order valence-electron chi connectivity index (χ3n) is 2.42. The lowest BCUT2D eigenvalue weighted by molar-refractivity contribution is 0.600. The molecule has 8 heteroatoms. The summed E-state index contributed by atoms with van der Waals surface area (Å²) in [7, 11) is -3.81. The van der Waals surface area contributed by atoms with Crippen LogP contribution >= 0.6 is 38.5 Å². The van der Waals surface area contributed by atoms with Gasteiger partial charge in [0.25, 0.3) is 10.0 Å². The molecule has 0 radical (unpaired) electrons. The summed E-state index contributed by atoms with van der Waals surface area (Å²) in [4.78, 5) is 0.0256. The Morgan fingerprint density at radius 2 is 1.90 bits per heavy atom. The van der Waals surface area contributed by atoms with Crippen molar-refractivity contribution in [1.29, 1.82) is 0 Å². The van der Waals surface area contributed by atoms with E-state index in [1.54, 1.807) is 12.1 Å². The molecule has 0 fully saturated rings. The molecular formula is C12H9BrFIN2O2S. The van der Waals surface area contributed by atoms with Crippen LogP contribution in [-0.2, 0) is 10.0 Å². The highest BCUT2D eigenvalue weighted by Gasteiger charge is 2.19. The standard InChI is InChI=1S/C12H9BrFIN2O2S/c13-9-3-2-8(16)6-12(9)20(18,19)17-11-4-1-7(14)5-10(11)15/h1-6,17H,16H2. The number of halogens is 3. The van der Waals surface area contributed by atoms with Gasteiger partial charge in [-0.05, 0) is 74.9 Å². The van der Waals surface area contributed by atoms with Gasteiger partial charge in [0, 0.05) is 13.7 Å². The zero-order chi connectivity index (χ0) is 14.9. The fourth-order valence-corrected chi connectivity index (χ4v) is 4.37. The Morgan fingerprint density at radius 1 is 1.20 bits per heavy atom. The van der Waals surface area contributed by atoms with Crippen molar-refractivity contribution < 1.29 is 12.8 Å². The van der Waals surface area contributed by atoms with Gasteiger partial charge in [0.15, 0.2) is 0 Å². The molecule has 20 heavy (non-hydrogen) atoms. The number of benzene rings is 2. The summed E-state index contributed by atoms with van der Waals surface area (Å²) in [6, 6.07) is 8.29. The van der Waals surface area contributed by atoms with Crippen molar-refractivity contribution >= 4 is 59.9 Å². The van der Waals surface area contributed by atoms with Crippen LogP contribution in [0.25, 0.3) is 0 Å². The predicted molar refractivity (Wildman–Crippen MR) is 88.5 cm³/mol. The van der Waals surface area contributed by atoms with E-state index in [1.807, 2.05) is 22.6 Å². The molecule has 0 heterocycles. The molecule has 0 saturated carbocycles. The monoisotopic (exact) mass is 470 g/mol. The molecule has 0 unspecified atom stereocenters. The average molecular weight is 471 g/mol. The highest BCUT2D eigenvalue weighted by atomic mass is 127. The minimum Gasteiger partial charge on any atom is -0.399 e. The highest BCUT2D eigenvalue weighted by Crippen LogP contribution is 2.28. The molecule has 0 atom stereocenters. The van der Waals surface area contributed by atoms with E-state index >= 15 is 0 Å². The Bertz CT molecular complexity index is 768. The third kappa shape index (κ3) is 3.41. The van der Waals surface area contributed by atoms with Gasteiger partial charge in [-0.15, -0.1) is 0 Å². The van der Waals surface area contributed by atoms with Crippen LogP contribution in [0.2, 0.25) is 0 Å². The van der Waals surface area contributed by atoms with Crippen LogP contribution in [0.5, 0.6) is 0 Å². The summed E-state index contributed by atoms with van der Waals surface area (Å²) in [6.07, 6.45) is 0. The quantitative estimate of drug-likeness (QED) is 0.532. The van der Waals surface area contributed by atoms with Crippen molar-refractivity contribution in [2.24, 2.45) is 0 Å². The molecule has 0 saturated heterocycles. The number of sulfonamides is 1. The number of anilines is 2. The molecule has 0 amide bonds. The van der Waals surface area contributed by atoms with Gasteiger partial charge in [-0.25, -0.2) is 12.8 Å². The van der Waals surface area contributed by atoms with Crippen LogP contribution in [0.15, 0.2) is 45.8 Å². The van der Waals surface area contributed by atoms with Crippen molar-refractivity contribution in [2.75, 3.05) is 10.5 Å². The third-order valence-corrected chi connectivity index (χ3v) is 5.67. The van der Waals surface area contributed by atoms with E-state index in [2.05, 4.69) is 20.7 Å². The van der Waals surface area contributed by atoms with Gasteiger partial charge in [0.2, 0.25) is 0 Å². The molecule has 3 N–H and O–H groups in total. The molecule has 106 valence electrons. The summed E-state index contributed by atoms with van der Waals surface area (Å²) in [5.74, 6) is -0.428. The molecule has 2 aromatic carbocycles. The first-order valence-corrected chi connectivity index (χ1v) is 8.68. The molecule has 2 aromatic rings. The fourth-order valence-electron chi connectivity index (χ4n) is 1.50. The van der Waals surface area contributed by atoms with Crippen molar-refractivity contribution in [1.82, 2.24) is 0 Å². The normalized spacial score (nSPS) is 11.3. The molecule has 0 spiro atoms. The van der Waals surface area contributed by atoms with Crippen molar-refractivity contribution in [3.05, 3.63) is 50.3 Å². The van der Waals surface area contributed by atoms with Gasteiger partial charge < -0.3 is 5.73 Å². The van der Waals surface area contributed by atoms with E-state index in [1.165, 1.54) is 24.3 Å². The number of nitrogens with one attached hydrogen (secondary N) is 1. The Balaban J connectivity index is 2.43. The maximum atomic E-state index is 13.0. The Kier molecular flexibility index (Phi) is 4.55. The number of hydrogen-bond acceptors (Lipinski definition) is 3. The number of hydrogen-bond donors (Lipinski definition) is 2. The van der Waals surface area contributed by atoms with Gasteiger partial charge >= 0.3 is 0 Å². The summed E-state index contributed by atoms with van der Waals surface area (Å²) >= 11 is 5.03. The number of rotatable bonds is 3. The maximum Gasteiger partial charge on any atom is 0.263 e. The second-order valence-corrected chi connectivity index (χ2v) is 7.59. The first kappa shape index (κ1) is 15.5. The fraction of sp³-hybridized carbons (Fsp3) is 0. The largest absolute Gasteiger partial charge is 0.399 e. The molecule has 0 aliphatic heterocycles. The van der Waals surface area contributed by atoms with Crippen LogP contribution in [0.4, 0.5) is 15.8 Å². The van der Waals surface area contributed by atoms with E-state index in [0.29, 0.717) is 19.4 Å². The van der Waals surface area contributed by atoms with Gasteiger partial charge in [-0.2, -0.15) is 0 Å². The highest BCUT2D eigenvalue weighted by molar-refractivity contribution is 14.1. The summed E-state index contributed by atoms with van der Waals surface area (Å²) in [6.45, 7) is 0. The smallest absolute Gasteiger partial charge is 0.263 e. The van der Waals surface area contributed by atoms with Gasteiger partial charge in [-0.1, -0.05) is 0 Å². The Hall–Kier alpha value is -0.870. The topological polar surface area (TPSA) is 72.2 Å². The second kappa shape index (κ2) is 5.86. The van der Waals surface area contributed by atoms with E-state index in [4.69, 9.17) is 5.73 Å². The first-order chi connectivity index (χ1) is 9.29. The summed E-state index contributed by atoms with van der Waals surface area (Å²) in [5, 5.41) is 0. The SMILES string of the molecule is Nc1ccc(Br)c(S(=O)(=O)Nc2ccc(F)cc2I)c1. The lowest BCUT2D eigenvalue weighted by Crippen LogP contribution is -2.14. The molecule has 0 bridgehead atoms. The molecular weight excluding hydrogens is 462 g/mol. The molecule has 4 nitrogen and oxygen atoms in total. The van der Waals surface area contributed by atoms with E-state index in [9.17, 15) is 12.8 Å². The van der Waals surface area contributed by atoms with Crippen molar-refractivity contribution in [3.63, 3.8) is 0 Å². The van der Waals surface area contributed by atoms with Crippen LogP contribution < -0.4 is 10.5 Å². The summed E-state index contributed by atoms with van der Waals surface area (Å²) < 4.78 is 40.9. The first-order valence-electron chi connectivity index (χ1n) is 5.32. The van der Waals surface area contributed by atoms with Gasteiger partial charge in [-0.3, -0.25) is 4.72 Å². The minimum atomic E-state index is -3.81. The minimum absolute atomic E-state index is 0.0256.